The van der Waals surface area contributed by atoms with Crippen molar-refractivity contribution in [2.75, 3.05) is 6.54 Å². The molecule has 4 nitrogen and oxygen atoms in total. The highest BCUT2D eigenvalue weighted by Crippen LogP contribution is 2.52. The molecule has 0 aliphatic heterocycles. The lowest BCUT2D eigenvalue weighted by Crippen LogP contribution is -2.61. The molecule has 1 aliphatic carbocycles. The van der Waals surface area contributed by atoms with Gasteiger partial charge < -0.3 is 10.0 Å². The lowest BCUT2D eigenvalue weighted by atomic mass is 9.58. The standard InChI is InChI=1S/C15H27NO3/c1-6-7-16(11-17)15(12(18)19)9-13(2,3)8-14(4,5)10-15/h11H,6-10H2,1-5H3,(H,18,19). The van der Waals surface area contributed by atoms with Gasteiger partial charge in [-0.2, -0.15) is 0 Å². The Bertz CT molecular complexity index is 344. The maximum atomic E-state index is 11.9. The van der Waals surface area contributed by atoms with Gasteiger partial charge in [0.1, 0.15) is 5.54 Å². The molecule has 1 amide bonds. The second kappa shape index (κ2) is 5.14. The van der Waals surface area contributed by atoms with Crippen LogP contribution in [0.1, 0.15) is 60.3 Å². The first-order valence-electron chi connectivity index (χ1n) is 7.04. The molecule has 0 radical (unpaired) electrons. The number of amides is 1. The van der Waals surface area contributed by atoms with E-state index < -0.39 is 11.5 Å². The number of carbonyl (C=O) groups is 2. The molecule has 110 valence electrons. The molecule has 1 rings (SSSR count). The van der Waals surface area contributed by atoms with Crippen molar-refractivity contribution in [3.63, 3.8) is 0 Å². The lowest BCUT2D eigenvalue weighted by molar-refractivity contribution is -0.165. The molecule has 1 N–H and O–H groups in total. The quantitative estimate of drug-likeness (QED) is 0.781. The van der Waals surface area contributed by atoms with Crippen LogP contribution in [0.5, 0.6) is 0 Å². The van der Waals surface area contributed by atoms with E-state index in [1.54, 1.807) is 0 Å². The summed E-state index contributed by atoms with van der Waals surface area (Å²) < 4.78 is 0. The summed E-state index contributed by atoms with van der Waals surface area (Å²) in [6, 6.07) is 0. The summed E-state index contributed by atoms with van der Waals surface area (Å²) in [5, 5.41) is 9.78. The first-order chi connectivity index (χ1) is 8.58. The highest BCUT2D eigenvalue weighted by molar-refractivity contribution is 5.82. The van der Waals surface area contributed by atoms with Crippen molar-refractivity contribution in [2.24, 2.45) is 10.8 Å². The molecule has 0 spiro atoms. The van der Waals surface area contributed by atoms with Gasteiger partial charge in [-0.15, -0.1) is 0 Å². The van der Waals surface area contributed by atoms with E-state index in [1.165, 1.54) is 4.90 Å². The lowest BCUT2D eigenvalue weighted by Gasteiger charge is -2.53. The van der Waals surface area contributed by atoms with E-state index in [0.29, 0.717) is 19.4 Å². The summed E-state index contributed by atoms with van der Waals surface area (Å²) in [7, 11) is 0. The Balaban J connectivity index is 3.24. The molecule has 0 aromatic carbocycles. The molecule has 4 heteroatoms. The van der Waals surface area contributed by atoms with Gasteiger partial charge >= 0.3 is 5.97 Å². The second-order valence-corrected chi connectivity index (χ2v) is 7.49. The molecular formula is C15H27NO3. The highest BCUT2D eigenvalue weighted by atomic mass is 16.4. The number of carboxylic acids is 1. The zero-order valence-electron chi connectivity index (χ0n) is 12.8. The Hall–Kier alpha value is -1.06. The molecule has 0 heterocycles. The zero-order chi connectivity index (χ0) is 14.9. The average Bonchev–Trinajstić information content (AvgIpc) is 2.20. The van der Waals surface area contributed by atoms with Crippen LogP contribution in [-0.4, -0.2) is 34.5 Å². The number of rotatable bonds is 5. The van der Waals surface area contributed by atoms with Crippen molar-refractivity contribution in [3.05, 3.63) is 0 Å². The van der Waals surface area contributed by atoms with Crippen LogP contribution in [0.25, 0.3) is 0 Å². The number of hydrogen-bond acceptors (Lipinski definition) is 2. The molecular weight excluding hydrogens is 242 g/mol. The number of carboxylic acid groups (broad SMARTS) is 1. The minimum absolute atomic E-state index is 0.0743. The van der Waals surface area contributed by atoms with Crippen LogP contribution in [0.15, 0.2) is 0 Å². The van der Waals surface area contributed by atoms with E-state index in [0.717, 1.165) is 19.3 Å². The SMILES string of the molecule is CCCN(C=O)C1(C(=O)O)CC(C)(C)CC(C)(C)C1. The Morgan fingerprint density at radius 3 is 1.95 bits per heavy atom. The van der Waals surface area contributed by atoms with Gasteiger partial charge in [-0.25, -0.2) is 4.79 Å². The van der Waals surface area contributed by atoms with Gasteiger partial charge in [-0.1, -0.05) is 34.6 Å². The molecule has 1 saturated carbocycles. The summed E-state index contributed by atoms with van der Waals surface area (Å²) in [5.74, 6) is -0.867. The zero-order valence-corrected chi connectivity index (χ0v) is 12.8. The van der Waals surface area contributed by atoms with Crippen molar-refractivity contribution in [2.45, 2.75) is 65.8 Å². The number of aliphatic carboxylic acids is 1. The van der Waals surface area contributed by atoms with E-state index in [-0.39, 0.29) is 10.8 Å². The summed E-state index contributed by atoms with van der Waals surface area (Å²) in [4.78, 5) is 24.8. The summed E-state index contributed by atoms with van der Waals surface area (Å²) in [6.07, 6.45) is 3.52. The van der Waals surface area contributed by atoms with Crippen molar-refractivity contribution in [1.82, 2.24) is 4.90 Å². The van der Waals surface area contributed by atoms with E-state index in [2.05, 4.69) is 27.7 Å². The van der Waals surface area contributed by atoms with Crippen molar-refractivity contribution < 1.29 is 14.7 Å². The number of hydrogen-bond donors (Lipinski definition) is 1. The molecule has 0 saturated heterocycles. The Morgan fingerprint density at radius 2 is 1.63 bits per heavy atom. The topological polar surface area (TPSA) is 57.6 Å². The molecule has 0 unspecified atom stereocenters. The monoisotopic (exact) mass is 269 g/mol. The van der Waals surface area contributed by atoms with Gasteiger partial charge in [0.05, 0.1) is 0 Å². The van der Waals surface area contributed by atoms with Gasteiger partial charge in [0, 0.05) is 6.54 Å². The van der Waals surface area contributed by atoms with Gasteiger partial charge in [0.25, 0.3) is 0 Å². The minimum Gasteiger partial charge on any atom is -0.479 e. The smallest absolute Gasteiger partial charge is 0.329 e. The molecule has 1 fully saturated rings. The van der Waals surface area contributed by atoms with Crippen molar-refractivity contribution in [3.8, 4) is 0 Å². The predicted octanol–water partition coefficient (Wildman–Crippen LogP) is 2.91. The third-order valence-corrected chi connectivity index (χ3v) is 4.04. The van der Waals surface area contributed by atoms with Crippen LogP contribution in [-0.2, 0) is 9.59 Å². The summed E-state index contributed by atoms with van der Waals surface area (Å²) in [5.41, 5.74) is -1.20. The van der Waals surface area contributed by atoms with Gasteiger partial charge in [-0.05, 0) is 36.5 Å². The van der Waals surface area contributed by atoms with Crippen LogP contribution >= 0.6 is 0 Å². The molecule has 0 aromatic rings. The first kappa shape index (κ1) is 16.0. The van der Waals surface area contributed by atoms with Crippen molar-refractivity contribution in [1.29, 1.82) is 0 Å². The molecule has 1 aliphatic rings. The number of carbonyl (C=O) groups excluding carboxylic acids is 1. The molecule has 0 atom stereocenters. The van der Waals surface area contributed by atoms with Crippen LogP contribution in [0.2, 0.25) is 0 Å². The van der Waals surface area contributed by atoms with E-state index in [9.17, 15) is 14.7 Å². The van der Waals surface area contributed by atoms with Crippen LogP contribution < -0.4 is 0 Å². The van der Waals surface area contributed by atoms with Crippen molar-refractivity contribution >= 4 is 12.4 Å². The fourth-order valence-corrected chi connectivity index (χ4v) is 4.15. The first-order valence-corrected chi connectivity index (χ1v) is 7.04. The van der Waals surface area contributed by atoms with Gasteiger partial charge in [0.15, 0.2) is 0 Å². The van der Waals surface area contributed by atoms with E-state index in [4.69, 9.17) is 0 Å². The Labute approximate surface area is 116 Å². The van der Waals surface area contributed by atoms with Crippen LogP contribution in [0.4, 0.5) is 0 Å². The molecule has 0 bridgehead atoms. The largest absolute Gasteiger partial charge is 0.479 e. The summed E-state index contributed by atoms with van der Waals surface area (Å²) in [6.45, 7) is 10.9. The fourth-order valence-electron chi connectivity index (χ4n) is 4.15. The van der Waals surface area contributed by atoms with Gasteiger partial charge in [0.2, 0.25) is 6.41 Å². The Morgan fingerprint density at radius 1 is 1.16 bits per heavy atom. The maximum absolute atomic E-state index is 11.9. The predicted molar refractivity (Wildman–Crippen MR) is 74.8 cm³/mol. The number of nitrogens with zero attached hydrogens (tertiary/aromatic N) is 1. The normalized spacial score (nSPS) is 23.6. The van der Waals surface area contributed by atoms with Crippen LogP contribution in [0.3, 0.4) is 0 Å². The highest BCUT2D eigenvalue weighted by Gasteiger charge is 2.54. The average molecular weight is 269 g/mol. The minimum atomic E-state index is -1.05. The maximum Gasteiger partial charge on any atom is 0.329 e. The second-order valence-electron chi connectivity index (χ2n) is 7.49. The molecule has 0 aromatic heterocycles. The third kappa shape index (κ3) is 3.28. The van der Waals surface area contributed by atoms with E-state index >= 15 is 0 Å². The fraction of sp³-hybridized carbons (Fsp3) is 0.867. The molecule has 19 heavy (non-hydrogen) atoms. The van der Waals surface area contributed by atoms with E-state index in [1.807, 2.05) is 6.92 Å². The van der Waals surface area contributed by atoms with Gasteiger partial charge in [-0.3, -0.25) is 4.79 Å². The Kier molecular flexibility index (Phi) is 4.33. The third-order valence-electron chi connectivity index (χ3n) is 4.04. The van der Waals surface area contributed by atoms with Crippen LogP contribution in [0, 0.1) is 10.8 Å². The summed E-state index contributed by atoms with van der Waals surface area (Å²) >= 11 is 0.